The van der Waals surface area contributed by atoms with Gasteiger partial charge in [0, 0.05) is 12.4 Å². The van der Waals surface area contributed by atoms with Crippen LogP contribution in [0.1, 0.15) is 11.3 Å². The van der Waals surface area contributed by atoms with E-state index >= 15 is 0 Å². The first-order chi connectivity index (χ1) is 10.9. The van der Waals surface area contributed by atoms with E-state index in [0.29, 0.717) is 6.07 Å². The highest BCUT2D eigenvalue weighted by molar-refractivity contribution is 5.54. The van der Waals surface area contributed by atoms with Gasteiger partial charge in [0.15, 0.2) is 17.4 Å². The fourth-order valence-corrected chi connectivity index (χ4v) is 2.19. The monoisotopic (exact) mass is 326 g/mol. The zero-order valence-corrected chi connectivity index (χ0v) is 11.5. The second-order valence-electron chi connectivity index (χ2n) is 4.68. The number of halogens is 4. The molecule has 4 nitrogen and oxygen atoms in total. The summed E-state index contributed by atoms with van der Waals surface area (Å²) in [5.74, 6) is -0.800. The summed E-state index contributed by atoms with van der Waals surface area (Å²) in [6.07, 6.45) is -2.15. The summed E-state index contributed by atoms with van der Waals surface area (Å²) in [4.78, 5) is 3.98. The molecule has 0 bridgehead atoms. The molecule has 0 amide bonds. The molecule has 23 heavy (non-hydrogen) atoms. The van der Waals surface area contributed by atoms with Gasteiger partial charge < -0.3 is 9.52 Å². The standard InChI is InChI=1S/C15H10F4N2O2/c16-13-10(15(17,18)19)2-1-3-11(13)21-7-6-20-14(21)12-5-4-9(8-22)23-12/h1-7,22H,8H2. The summed E-state index contributed by atoms with van der Waals surface area (Å²) in [5.41, 5.74) is -1.65. The van der Waals surface area contributed by atoms with E-state index < -0.39 is 17.6 Å². The predicted molar refractivity (Wildman–Crippen MR) is 72.1 cm³/mol. The summed E-state index contributed by atoms with van der Waals surface area (Å²) < 4.78 is 59.2. The van der Waals surface area contributed by atoms with Crippen molar-refractivity contribution in [3.05, 3.63) is 59.9 Å². The summed E-state index contributed by atoms with van der Waals surface area (Å²) in [5, 5.41) is 9.00. The van der Waals surface area contributed by atoms with Gasteiger partial charge in [0.05, 0.1) is 11.3 Å². The number of imidazole rings is 1. The lowest BCUT2D eigenvalue weighted by atomic mass is 10.1. The molecule has 0 radical (unpaired) electrons. The minimum Gasteiger partial charge on any atom is -0.455 e. The van der Waals surface area contributed by atoms with Gasteiger partial charge in [0.1, 0.15) is 12.4 Å². The molecule has 0 aliphatic rings. The molecule has 120 valence electrons. The van der Waals surface area contributed by atoms with Crippen molar-refractivity contribution in [2.75, 3.05) is 0 Å². The number of nitrogens with zero attached hydrogens (tertiary/aromatic N) is 2. The van der Waals surface area contributed by atoms with Gasteiger partial charge >= 0.3 is 6.18 Å². The number of alkyl halides is 3. The lowest BCUT2D eigenvalue weighted by molar-refractivity contribution is -0.140. The van der Waals surface area contributed by atoms with E-state index in [4.69, 9.17) is 9.52 Å². The summed E-state index contributed by atoms with van der Waals surface area (Å²) in [7, 11) is 0. The number of aliphatic hydroxyl groups excluding tert-OH is 1. The Labute approximate surface area is 127 Å². The molecule has 3 rings (SSSR count). The molecule has 0 saturated carbocycles. The smallest absolute Gasteiger partial charge is 0.419 e. The van der Waals surface area contributed by atoms with Crippen molar-refractivity contribution in [1.82, 2.24) is 9.55 Å². The average Bonchev–Trinajstić information content (AvgIpc) is 3.14. The number of benzene rings is 1. The van der Waals surface area contributed by atoms with E-state index in [1.54, 1.807) is 0 Å². The molecule has 0 fully saturated rings. The van der Waals surface area contributed by atoms with Gasteiger partial charge in [-0.05, 0) is 24.3 Å². The third kappa shape index (κ3) is 2.72. The van der Waals surface area contributed by atoms with E-state index in [1.165, 1.54) is 30.6 Å². The topological polar surface area (TPSA) is 51.2 Å². The van der Waals surface area contributed by atoms with Gasteiger partial charge in [-0.2, -0.15) is 13.2 Å². The number of aromatic nitrogens is 2. The minimum atomic E-state index is -4.80. The van der Waals surface area contributed by atoms with E-state index in [9.17, 15) is 17.6 Å². The van der Waals surface area contributed by atoms with Gasteiger partial charge in [-0.1, -0.05) is 6.07 Å². The first kappa shape index (κ1) is 15.3. The number of rotatable bonds is 3. The molecule has 0 saturated heterocycles. The van der Waals surface area contributed by atoms with Crippen LogP contribution in [-0.2, 0) is 12.8 Å². The normalized spacial score (nSPS) is 11.9. The Morgan fingerprint density at radius 1 is 1.17 bits per heavy atom. The molecule has 2 heterocycles. The molecule has 0 spiro atoms. The van der Waals surface area contributed by atoms with Crippen molar-refractivity contribution >= 4 is 0 Å². The molecule has 0 aliphatic heterocycles. The number of hydrogen-bond acceptors (Lipinski definition) is 3. The molecular weight excluding hydrogens is 316 g/mol. The van der Waals surface area contributed by atoms with Crippen molar-refractivity contribution < 1.29 is 27.1 Å². The summed E-state index contributed by atoms with van der Waals surface area (Å²) in [6, 6.07) is 6.00. The Morgan fingerprint density at radius 3 is 2.61 bits per heavy atom. The van der Waals surface area contributed by atoms with Crippen molar-refractivity contribution in [1.29, 1.82) is 0 Å². The Morgan fingerprint density at radius 2 is 1.96 bits per heavy atom. The van der Waals surface area contributed by atoms with Crippen molar-refractivity contribution in [2.24, 2.45) is 0 Å². The Hall–Kier alpha value is -2.61. The van der Waals surface area contributed by atoms with Crippen molar-refractivity contribution in [3.63, 3.8) is 0 Å². The minimum absolute atomic E-state index is 0.128. The SMILES string of the molecule is OCc1ccc(-c2nccn2-c2cccc(C(F)(F)F)c2F)o1. The zero-order valence-electron chi connectivity index (χ0n) is 11.5. The predicted octanol–water partition coefficient (Wildman–Crippen LogP) is 3.78. The number of furan rings is 1. The van der Waals surface area contributed by atoms with E-state index in [0.717, 1.165) is 10.6 Å². The van der Waals surface area contributed by atoms with Crippen molar-refractivity contribution in [3.8, 4) is 17.3 Å². The fourth-order valence-electron chi connectivity index (χ4n) is 2.19. The molecule has 1 N–H and O–H groups in total. The van der Waals surface area contributed by atoms with E-state index in [2.05, 4.69) is 4.98 Å². The fraction of sp³-hybridized carbons (Fsp3) is 0.133. The van der Waals surface area contributed by atoms with Gasteiger partial charge in [-0.25, -0.2) is 9.37 Å². The molecule has 2 aromatic heterocycles. The summed E-state index contributed by atoms with van der Waals surface area (Å²) >= 11 is 0. The highest BCUT2D eigenvalue weighted by Gasteiger charge is 2.35. The average molecular weight is 326 g/mol. The van der Waals surface area contributed by atoms with Crippen LogP contribution in [0.15, 0.2) is 47.1 Å². The molecule has 8 heteroatoms. The molecule has 3 aromatic rings. The van der Waals surface area contributed by atoms with Crippen LogP contribution in [-0.4, -0.2) is 14.7 Å². The molecule has 1 aromatic carbocycles. The molecule has 0 aliphatic carbocycles. The third-order valence-corrected chi connectivity index (χ3v) is 3.22. The maximum absolute atomic E-state index is 14.3. The maximum Gasteiger partial charge on any atom is 0.419 e. The van der Waals surface area contributed by atoms with Crippen molar-refractivity contribution in [2.45, 2.75) is 12.8 Å². The lowest BCUT2D eigenvalue weighted by Crippen LogP contribution is -2.11. The second kappa shape index (κ2) is 5.54. The first-order valence-corrected chi connectivity index (χ1v) is 6.51. The van der Waals surface area contributed by atoms with Crippen LogP contribution in [0.4, 0.5) is 17.6 Å². The Balaban J connectivity index is 2.13. The van der Waals surface area contributed by atoms with E-state index in [1.807, 2.05) is 0 Å². The Kier molecular flexibility index (Phi) is 3.69. The zero-order chi connectivity index (χ0) is 16.6. The number of aliphatic hydroxyl groups is 1. The van der Waals surface area contributed by atoms with E-state index in [-0.39, 0.29) is 29.6 Å². The van der Waals surface area contributed by atoms with Gasteiger partial charge in [-0.3, -0.25) is 4.57 Å². The van der Waals surface area contributed by atoms with Crippen LogP contribution in [0.25, 0.3) is 17.3 Å². The van der Waals surface area contributed by atoms with Crippen LogP contribution in [0.5, 0.6) is 0 Å². The highest BCUT2D eigenvalue weighted by atomic mass is 19.4. The quantitative estimate of drug-likeness (QED) is 0.745. The maximum atomic E-state index is 14.3. The first-order valence-electron chi connectivity index (χ1n) is 6.51. The van der Waals surface area contributed by atoms with Crippen LogP contribution in [0.3, 0.4) is 0 Å². The molecule has 0 unspecified atom stereocenters. The summed E-state index contributed by atoms with van der Waals surface area (Å²) in [6.45, 7) is -0.335. The molecular formula is C15H10F4N2O2. The third-order valence-electron chi connectivity index (χ3n) is 3.22. The second-order valence-corrected chi connectivity index (χ2v) is 4.68. The Bertz CT molecular complexity index is 836. The van der Waals surface area contributed by atoms with Gasteiger partial charge in [0.25, 0.3) is 0 Å². The van der Waals surface area contributed by atoms with Gasteiger partial charge in [0.2, 0.25) is 0 Å². The van der Waals surface area contributed by atoms with Crippen LogP contribution in [0, 0.1) is 5.82 Å². The van der Waals surface area contributed by atoms with Crippen LogP contribution in [0.2, 0.25) is 0 Å². The number of hydrogen-bond donors (Lipinski definition) is 1. The lowest BCUT2D eigenvalue weighted by Gasteiger charge is -2.12. The molecule has 0 atom stereocenters. The largest absolute Gasteiger partial charge is 0.455 e. The van der Waals surface area contributed by atoms with Gasteiger partial charge in [-0.15, -0.1) is 0 Å². The van der Waals surface area contributed by atoms with Crippen LogP contribution >= 0.6 is 0 Å². The van der Waals surface area contributed by atoms with Crippen LogP contribution < -0.4 is 0 Å². The highest BCUT2D eigenvalue weighted by Crippen LogP contribution is 2.34.